The number of sulfonamides is 1. The summed E-state index contributed by atoms with van der Waals surface area (Å²) >= 11 is 11.9. The molecule has 0 bridgehead atoms. The van der Waals surface area contributed by atoms with Crippen molar-refractivity contribution in [2.75, 3.05) is 10.0 Å². The number of anilines is 2. The zero-order chi connectivity index (χ0) is 21.0. The Balaban J connectivity index is 1.87. The number of nitrogens with zero attached hydrogens (tertiary/aromatic N) is 1. The molecular formula is C20H13Cl2N3O3S. The van der Waals surface area contributed by atoms with E-state index in [-0.39, 0.29) is 15.5 Å². The highest BCUT2D eigenvalue weighted by Crippen LogP contribution is 2.26. The Bertz CT molecular complexity index is 1220. The number of carbonyl (C=O) groups is 1. The molecule has 9 heteroatoms. The first-order chi connectivity index (χ1) is 13.8. The predicted octanol–water partition coefficient (Wildman–Crippen LogP) is 4.92. The van der Waals surface area contributed by atoms with Crippen molar-refractivity contribution in [1.82, 2.24) is 0 Å². The molecule has 29 heavy (non-hydrogen) atoms. The number of hydrogen-bond acceptors (Lipinski definition) is 4. The standard InChI is InChI=1S/C20H13Cl2N3O3S/c21-15-5-7-16(8-6-15)25-29(27,28)19-11-14(4-9-18(19)22)20(26)24-17-3-1-2-13(10-17)12-23/h1-11,25H,(H,24,26). The van der Waals surface area contributed by atoms with Crippen molar-refractivity contribution in [2.45, 2.75) is 4.90 Å². The van der Waals surface area contributed by atoms with Crippen molar-refractivity contribution in [3.63, 3.8) is 0 Å². The number of nitrogens with one attached hydrogen (secondary N) is 2. The zero-order valence-electron chi connectivity index (χ0n) is 14.7. The smallest absolute Gasteiger partial charge is 0.263 e. The fourth-order valence-corrected chi connectivity index (χ4v) is 4.16. The van der Waals surface area contributed by atoms with E-state index in [4.69, 9.17) is 28.5 Å². The first-order valence-corrected chi connectivity index (χ1v) is 10.4. The monoisotopic (exact) mass is 445 g/mol. The van der Waals surface area contributed by atoms with Gasteiger partial charge in [-0.1, -0.05) is 29.3 Å². The van der Waals surface area contributed by atoms with Crippen LogP contribution >= 0.6 is 23.2 Å². The fraction of sp³-hybridized carbons (Fsp3) is 0. The van der Waals surface area contributed by atoms with E-state index in [1.54, 1.807) is 30.3 Å². The van der Waals surface area contributed by atoms with Gasteiger partial charge >= 0.3 is 0 Å². The van der Waals surface area contributed by atoms with Crippen LogP contribution in [0.25, 0.3) is 0 Å². The normalized spacial score (nSPS) is 10.8. The number of nitriles is 1. The topological polar surface area (TPSA) is 99.1 Å². The van der Waals surface area contributed by atoms with E-state index >= 15 is 0 Å². The molecule has 2 N–H and O–H groups in total. The van der Waals surface area contributed by atoms with Crippen LogP contribution in [0.2, 0.25) is 10.0 Å². The highest BCUT2D eigenvalue weighted by molar-refractivity contribution is 7.92. The minimum Gasteiger partial charge on any atom is -0.322 e. The van der Waals surface area contributed by atoms with Crippen LogP contribution in [0.4, 0.5) is 11.4 Å². The van der Waals surface area contributed by atoms with E-state index in [1.165, 1.54) is 36.4 Å². The van der Waals surface area contributed by atoms with E-state index in [1.807, 2.05) is 6.07 Å². The summed E-state index contributed by atoms with van der Waals surface area (Å²) in [6.07, 6.45) is 0. The maximum atomic E-state index is 12.7. The van der Waals surface area contributed by atoms with E-state index in [9.17, 15) is 13.2 Å². The maximum absolute atomic E-state index is 12.7. The number of amides is 1. The molecule has 3 rings (SSSR count). The van der Waals surface area contributed by atoms with Gasteiger partial charge in [-0.05, 0) is 60.7 Å². The molecule has 1 amide bonds. The molecule has 0 heterocycles. The second-order valence-electron chi connectivity index (χ2n) is 5.90. The van der Waals surface area contributed by atoms with Gasteiger partial charge in [-0.25, -0.2) is 8.42 Å². The van der Waals surface area contributed by atoms with Gasteiger partial charge in [0.2, 0.25) is 0 Å². The SMILES string of the molecule is N#Cc1cccc(NC(=O)c2ccc(Cl)c(S(=O)(=O)Nc3ccc(Cl)cc3)c2)c1. The van der Waals surface area contributed by atoms with Gasteiger partial charge in [0.1, 0.15) is 4.90 Å². The molecule has 0 radical (unpaired) electrons. The molecule has 0 atom stereocenters. The molecule has 0 fully saturated rings. The second kappa shape index (κ2) is 8.53. The molecule has 0 spiro atoms. The quantitative estimate of drug-likeness (QED) is 0.581. The van der Waals surface area contributed by atoms with E-state index in [0.29, 0.717) is 22.0 Å². The van der Waals surface area contributed by atoms with Crippen LogP contribution in [-0.4, -0.2) is 14.3 Å². The lowest BCUT2D eigenvalue weighted by molar-refractivity contribution is 0.102. The number of halogens is 2. The third kappa shape index (κ3) is 5.06. The lowest BCUT2D eigenvalue weighted by atomic mass is 10.2. The molecule has 3 aromatic carbocycles. The molecule has 0 saturated heterocycles. The summed E-state index contributed by atoms with van der Waals surface area (Å²) in [7, 11) is -4.04. The molecule has 0 saturated carbocycles. The molecule has 3 aromatic rings. The predicted molar refractivity (Wildman–Crippen MR) is 113 cm³/mol. The Morgan fingerprint density at radius 1 is 0.931 bits per heavy atom. The van der Waals surface area contributed by atoms with Crippen LogP contribution < -0.4 is 10.0 Å². The molecule has 6 nitrogen and oxygen atoms in total. The summed E-state index contributed by atoms with van der Waals surface area (Å²) in [5, 5.41) is 12.0. The summed E-state index contributed by atoms with van der Waals surface area (Å²) in [6.45, 7) is 0. The van der Waals surface area contributed by atoms with Gasteiger partial charge < -0.3 is 5.32 Å². The van der Waals surface area contributed by atoms with Crippen molar-refractivity contribution in [2.24, 2.45) is 0 Å². The summed E-state index contributed by atoms with van der Waals surface area (Å²) in [6, 6.07) is 18.4. The molecule has 0 aliphatic rings. The fourth-order valence-electron chi connectivity index (χ4n) is 2.45. The summed E-state index contributed by atoms with van der Waals surface area (Å²) in [5.74, 6) is -0.542. The van der Waals surface area contributed by atoms with Crippen molar-refractivity contribution in [1.29, 1.82) is 5.26 Å². The minimum absolute atomic E-state index is 0.0329. The molecule has 0 aliphatic heterocycles. The van der Waals surface area contributed by atoms with Crippen molar-refractivity contribution >= 4 is 50.5 Å². The second-order valence-corrected chi connectivity index (χ2v) is 8.40. The highest BCUT2D eigenvalue weighted by Gasteiger charge is 2.20. The van der Waals surface area contributed by atoms with Crippen molar-refractivity contribution in [3.8, 4) is 6.07 Å². The Hall–Kier alpha value is -3.05. The van der Waals surface area contributed by atoms with Crippen LogP contribution in [0.5, 0.6) is 0 Å². The lowest BCUT2D eigenvalue weighted by Gasteiger charge is -2.11. The number of benzene rings is 3. The Kier molecular flexibility index (Phi) is 6.09. The summed E-state index contributed by atoms with van der Waals surface area (Å²) < 4.78 is 27.9. The van der Waals surface area contributed by atoms with Gasteiger partial charge in [0.15, 0.2) is 0 Å². The Labute approximate surface area is 177 Å². The largest absolute Gasteiger partial charge is 0.322 e. The van der Waals surface area contributed by atoms with Crippen LogP contribution in [0.3, 0.4) is 0 Å². The third-order valence-electron chi connectivity index (χ3n) is 3.83. The van der Waals surface area contributed by atoms with Crippen LogP contribution in [-0.2, 0) is 10.0 Å². The van der Waals surface area contributed by atoms with Gasteiger partial charge in [-0.15, -0.1) is 0 Å². The van der Waals surface area contributed by atoms with Crippen LogP contribution in [0.15, 0.2) is 71.6 Å². The molecule has 0 aliphatic carbocycles. The lowest BCUT2D eigenvalue weighted by Crippen LogP contribution is -2.16. The highest BCUT2D eigenvalue weighted by atomic mass is 35.5. The average molecular weight is 446 g/mol. The van der Waals surface area contributed by atoms with Gasteiger partial charge in [0.05, 0.1) is 16.7 Å². The molecular weight excluding hydrogens is 433 g/mol. The Morgan fingerprint density at radius 2 is 1.66 bits per heavy atom. The number of rotatable bonds is 5. The van der Waals surface area contributed by atoms with Crippen LogP contribution in [0, 0.1) is 11.3 Å². The summed E-state index contributed by atoms with van der Waals surface area (Å²) in [4.78, 5) is 12.3. The first kappa shape index (κ1) is 20.7. The van der Waals surface area contributed by atoms with Crippen molar-refractivity contribution < 1.29 is 13.2 Å². The zero-order valence-corrected chi connectivity index (χ0v) is 17.0. The van der Waals surface area contributed by atoms with E-state index in [0.717, 1.165) is 0 Å². The molecule has 0 aromatic heterocycles. The summed E-state index contributed by atoms with van der Waals surface area (Å²) in [5.41, 5.74) is 1.18. The first-order valence-electron chi connectivity index (χ1n) is 8.18. The van der Waals surface area contributed by atoms with E-state index < -0.39 is 15.9 Å². The van der Waals surface area contributed by atoms with Gasteiger partial charge in [0, 0.05) is 22.0 Å². The maximum Gasteiger partial charge on any atom is 0.263 e. The minimum atomic E-state index is -4.04. The number of carbonyl (C=O) groups excluding carboxylic acids is 1. The Morgan fingerprint density at radius 3 is 2.34 bits per heavy atom. The van der Waals surface area contributed by atoms with Gasteiger partial charge in [-0.3, -0.25) is 9.52 Å². The van der Waals surface area contributed by atoms with E-state index in [2.05, 4.69) is 10.0 Å². The number of hydrogen-bond donors (Lipinski definition) is 2. The molecule has 0 unspecified atom stereocenters. The van der Waals surface area contributed by atoms with Crippen LogP contribution in [0.1, 0.15) is 15.9 Å². The third-order valence-corrected chi connectivity index (χ3v) is 5.94. The van der Waals surface area contributed by atoms with Gasteiger partial charge in [0.25, 0.3) is 15.9 Å². The molecule has 146 valence electrons. The van der Waals surface area contributed by atoms with Gasteiger partial charge in [-0.2, -0.15) is 5.26 Å². The van der Waals surface area contributed by atoms with Crippen molar-refractivity contribution in [3.05, 3.63) is 87.9 Å². The average Bonchev–Trinajstić information content (AvgIpc) is 2.70.